The van der Waals surface area contributed by atoms with Crippen LogP contribution in [0.5, 0.6) is 5.75 Å². The second-order valence-corrected chi connectivity index (χ2v) is 6.27. The number of nitro groups is 1. The number of hydrogen-bond acceptors (Lipinski definition) is 8. The molecule has 1 heterocycles. The minimum atomic E-state index is -1.89. The SMILES string of the molecule is CCCC.CCc1ccc(OC2OC(O)C(O)C(O)C2C(=O)O)c([N+](=O)[O-])c1. The van der Waals surface area contributed by atoms with Gasteiger partial charge < -0.3 is 29.9 Å². The van der Waals surface area contributed by atoms with Gasteiger partial charge in [-0.3, -0.25) is 14.9 Å². The highest BCUT2D eigenvalue weighted by molar-refractivity contribution is 5.71. The maximum absolute atomic E-state index is 11.3. The van der Waals surface area contributed by atoms with Crippen LogP contribution in [0.2, 0.25) is 0 Å². The second kappa shape index (κ2) is 10.9. The van der Waals surface area contributed by atoms with Crippen molar-refractivity contribution in [2.45, 2.75) is 64.8 Å². The van der Waals surface area contributed by atoms with Gasteiger partial charge in [0.15, 0.2) is 12.0 Å². The van der Waals surface area contributed by atoms with Crippen LogP contribution >= 0.6 is 0 Å². The van der Waals surface area contributed by atoms with Gasteiger partial charge in [0.25, 0.3) is 0 Å². The van der Waals surface area contributed by atoms with Gasteiger partial charge in [-0.15, -0.1) is 0 Å². The second-order valence-electron chi connectivity index (χ2n) is 6.27. The van der Waals surface area contributed by atoms with Gasteiger partial charge in [0.05, 0.1) is 4.92 Å². The first kappa shape index (κ1) is 23.8. The van der Waals surface area contributed by atoms with Crippen LogP contribution in [0.4, 0.5) is 5.69 Å². The zero-order valence-corrected chi connectivity index (χ0v) is 16.0. The van der Waals surface area contributed by atoms with E-state index in [1.54, 1.807) is 13.0 Å². The van der Waals surface area contributed by atoms with E-state index in [1.807, 2.05) is 0 Å². The summed E-state index contributed by atoms with van der Waals surface area (Å²) in [6, 6.07) is 4.11. The summed E-state index contributed by atoms with van der Waals surface area (Å²) in [6.07, 6.45) is -4.15. The molecule has 0 radical (unpaired) electrons. The van der Waals surface area contributed by atoms with E-state index in [-0.39, 0.29) is 5.75 Å². The summed E-state index contributed by atoms with van der Waals surface area (Å²) in [4.78, 5) is 21.7. The molecule has 1 saturated heterocycles. The molecule has 0 aromatic heterocycles. The van der Waals surface area contributed by atoms with Crippen molar-refractivity contribution in [2.75, 3.05) is 0 Å². The van der Waals surface area contributed by atoms with E-state index in [9.17, 15) is 35.3 Å². The fourth-order valence-electron chi connectivity index (χ4n) is 2.36. The number of unbranched alkanes of at least 4 members (excludes halogenated alkanes) is 1. The molecular weight excluding hydrogens is 374 g/mol. The van der Waals surface area contributed by atoms with Gasteiger partial charge in [0, 0.05) is 6.07 Å². The molecule has 0 amide bonds. The minimum Gasteiger partial charge on any atom is -0.481 e. The summed E-state index contributed by atoms with van der Waals surface area (Å²) in [5.74, 6) is -3.57. The fraction of sp³-hybridized carbons (Fsp3) is 0.611. The van der Waals surface area contributed by atoms with E-state index in [4.69, 9.17) is 9.47 Å². The van der Waals surface area contributed by atoms with Crippen LogP contribution in [0.3, 0.4) is 0 Å². The highest BCUT2D eigenvalue weighted by atomic mass is 16.7. The van der Waals surface area contributed by atoms with Crippen LogP contribution in [0, 0.1) is 16.0 Å². The first-order valence-electron chi connectivity index (χ1n) is 9.04. The Morgan fingerprint density at radius 1 is 1.18 bits per heavy atom. The van der Waals surface area contributed by atoms with Crippen molar-refractivity contribution in [1.29, 1.82) is 0 Å². The largest absolute Gasteiger partial charge is 0.481 e. The molecule has 158 valence electrons. The van der Waals surface area contributed by atoms with Crippen molar-refractivity contribution in [3.05, 3.63) is 33.9 Å². The Hall–Kier alpha value is -2.27. The average molecular weight is 401 g/mol. The van der Waals surface area contributed by atoms with Gasteiger partial charge in [-0.25, -0.2) is 0 Å². The Bertz CT molecular complexity index is 664. The number of aryl methyl sites for hydroxylation is 1. The summed E-state index contributed by atoms with van der Waals surface area (Å²) in [5, 5.41) is 49.2. The highest BCUT2D eigenvalue weighted by Gasteiger charge is 2.49. The molecule has 1 aliphatic rings. The lowest BCUT2D eigenvalue weighted by Gasteiger charge is -2.38. The molecular formula is C18H27NO9. The molecule has 1 fully saturated rings. The van der Waals surface area contributed by atoms with Gasteiger partial charge >= 0.3 is 11.7 Å². The first-order chi connectivity index (χ1) is 13.2. The summed E-state index contributed by atoms with van der Waals surface area (Å²) < 4.78 is 10.1. The number of hydrogen-bond donors (Lipinski definition) is 4. The number of benzene rings is 1. The molecule has 5 unspecified atom stereocenters. The van der Waals surface area contributed by atoms with Crippen molar-refractivity contribution in [3.8, 4) is 5.75 Å². The van der Waals surface area contributed by atoms with E-state index in [0.29, 0.717) is 12.0 Å². The van der Waals surface area contributed by atoms with Crippen LogP contribution in [0.15, 0.2) is 18.2 Å². The average Bonchev–Trinajstić information content (AvgIpc) is 2.66. The first-order valence-corrected chi connectivity index (χ1v) is 9.04. The molecule has 0 saturated carbocycles. The molecule has 1 aliphatic heterocycles. The predicted octanol–water partition coefficient (Wildman–Crippen LogP) is 1.44. The van der Waals surface area contributed by atoms with Gasteiger partial charge in [-0.05, 0) is 18.1 Å². The normalized spacial score (nSPS) is 26.7. The summed E-state index contributed by atoms with van der Waals surface area (Å²) in [7, 11) is 0. The van der Waals surface area contributed by atoms with Crippen LogP contribution in [-0.2, 0) is 16.0 Å². The smallest absolute Gasteiger partial charge is 0.315 e. The number of aliphatic hydroxyl groups excluding tert-OH is 3. The van der Waals surface area contributed by atoms with Crippen LogP contribution in [0.25, 0.3) is 0 Å². The molecule has 1 aromatic rings. The van der Waals surface area contributed by atoms with Gasteiger partial charge in [0.1, 0.15) is 18.1 Å². The van der Waals surface area contributed by atoms with Crippen molar-refractivity contribution in [1.82, 2.24) is 0 Å². The lowest BCUT2D eigenvalue weighted by molar-refractivity contribution is -0.387. The molecule has 0 bridgehead atoms. The molecule has 2 rings (SSSR count). The molecule has 5 atom stereocenters. The Morgan fingerprint density at radius 3 is 2.25 bits per heavy atom. The molecule has 0 spiro atoms. The van der Waals surface area contributed by atoms with E-state index < -0.39 is 47.3 Å². The number of aliphatic carboxylic acids is 1. The maximum Gasteiger partial charge on any atom is 0.315 e. The third-order valence-electron chi connectivity index (χ3n) is 4.23. The minimum absolute atomic E-state index is 0.274. The molecule has 28 heavy (non-hydrogen) atoms. The number of rotatable bonds is 6. The standard InChI is InChI=1S/C14H17NO9.C4H10/c1-2-6-3-4-8(7(5-6)15(21)22)23-14-9(12(18)19)10(16)11(17)13(20)24-14;1-3-4-2/h3-5,9-11,13-14,16-17,20H,2H2,1H3,(H,18,19);3-4H2,1-2H3. The van der Waals surface area contributed by atoms with E-state index >= 15 is 0 Å². The zero-order valence-electron chi connectivity index (χ0n) is 16.0. The summed E-state index contributed by atoms with van der Waals surface area (Å²) in [6.45, 7) is 6.17. The van der Waals surface area contributed by atoms with Gasteiger partial charge in [-0.2, -0.15) is 0 Å². The van der Waals surface area contributed by atoms with Crippen LogP contribution in [-0.4, -0.2) is 56.1 Å². The number of ether oxygens (including phenoxy) is 2. The topological polar surface area (TPSA) is 160 Å². The number of carbonyl (C=O) groups is 1. The lowest BCUT2D eigenvalue weighted by Crippen LogP contribution is -2.58. The third-order valence-corrected chi connectivity index (χ3v) is 4.23. The number of carboxylic acids is 1. The van der Waals surface area contributed by atoms with E-state index in [1.165, 1.54) is 25.0 Å². The Labute approximate surface area is 162 Å². The van der Waals surface area contributed by atoms with Crippen molar-refractivity contribution in [2.24, 2.45) is 5.92 Å². The van der Waals surface area contributed by atoms with Gasteiger partial charge in [0.2, 0.25) is 6.29 Å². The molecule has 0 aliphatic carbocycles. The predicted molar refractivity (Wildman–Crippen MR) is 97.7 cm³/mol. The molecule has 1 aromatic carbocycles. The maximum atomic E-state index is 11.3. The van der Waals surface area contributed by atoms with Crippen LogP contribution in [0.1, 0.15) is 39.2 Å². The fourth-order valence-corrected chi connectivity index (χ4v) is 2.36. The van der Waals surface area contributed by atoms with Gasteiger partial charge in [-0.1, -0.05) is 39.7 Å². The van der Waals surface area contributed by atoms with Crippen molar-refractivity contribution >= 4 is 11.7 Å². The number of nitrogens with zero attached hydrogens (tertiary/aromatic N) is 1. The van der Waals surface area contributed by atoms with Crippen molar-refractivity contribution < 1.29 is 39.6 Å². The molecule has 4 N–H and O–H groups in total. The molecule has 10 heteroatoms. The summed E-state index contributed by atoms with van der Waals surface area (Å²) in [5.41, 5.74) is 0.265. The Kier molecular flexibility index (Phi) is 9.26. The number of carboxylic acid groups (broad SMARTS) is 1. The van der Waals surface area contributed by atoms with E-state index in [0.717, 1.165) is 0 Å². The lowest BCUT2D eigenvalue weighted by atomic mass is 9.94. The zero-order chi connectivity index (χ0) is 21.4. The Balaban J connectivity index is 0.000000892. The van der Waals surface area contributed by atoms with Crippen LogP contribution < -0.4 is 4.74 Å². The quantitative estimate of drug-likeness (QED) is 0.408. The monoisotopic (exact) mass is 401 g/mol. The number of nitro benzene ring substituents is 1. The van der Waals surface area contributed by atoms with Crippen molar-refractivity contribution in [3.63, 3.8) is 0 Å². The Morgan fingerprint density at radius 2 is 1.79 bits per heavy atom. The summed E-state index contributed by atoms with van der Waals surface area (Å²) >= 11 is 0. The third kappa shape index (κ3) is 5.86. The van der Waals surface area contributed by atoms with E-state index in [2.05, 4.69) is 13.8 Å². The highest BCUT2D eigenvalue weighted by Crippen LogP contribution is 2.33. The number of aliphatic hydroxyl groups is 3. The molecule has 10 nitrogen and oxygen atoms in total.